The fourth-order valence-electron chi connectivity index (χ4n) is 1.72. The molecule has 0 heterocycles. The van der Waals surface area contributed by atoms with Crippen molar-refractivity contribution < 1.29 is 18.1 Å². The van der Waals surface area contributed by atoms with Crippen LogP contribution in [-0.2, 0) is 6.54 Å². The number of hydrogen-bond donors (Lipinski definition) is 1. The molecule has 0 saturated carbocycles. The van der Waals surface area contributed by atoms with Gasteiger partial charge in [-0.1, -0.05) is 0 Å². The second-order valence-electron chi connectivity index (χ2n) is 4.13. The van der Waals surface area contributed by atoms with Crippen molar-refractivity contribution in [2.75, 3.05) is 5.32 Å². The fraction of sp³-hybridized carbons (Fsp3) is 0.0769. The number of benzene rings is 2. The van der Waals surface area contributed by atoms with E-state index >= 15 is 0 Å². The second kappa shape index (κ2) is 6.13. The Morgan fingerprint density at radius 1 is 1.14 bits per heavy atom. The molecule has 21 heavy (non-hydrogen) atoms. The van der Waals surface area contributed by atoms with Crippen LogP contribution in [0.15, 0.2) is 34.8 Å². The van der Waals surface area contributed by atoms with Gasteiger partial charge >= 0.3 is 0 Å². The maximum absolute atomic E-state index is 13.6. The molecule has 2 aromatic carbocycles. The third-order valence-corrected chi connectivity index (χ3v) is 3.33. The standard InChI is InChI=1S/C13H8BrF3N2O2/c14-9-4-11(17)12(5-10(9)16)18-6-7-3-8(15)1-2-13(7)19(20)21/h1-5,18H,6H2. The Labute approximate surface area is 125 Å². The summed E-state index contributed by atoms with van der Waals surface area (Å²) in [6.07, 6.45) is 0. The van der Waals surface area contributed by atoms with E-state index in [1.807, 2.05) is 0 Å². The lowest BCUT2D eigenvalue weighted by atomic mass is 10.1. The zero-order chi connectivity index (χ0) is 15.6. The van der Waals surface area contributed by atoms with Crippen molar-refractivity contribution >= 4 is 27.3 Å². The monoisotopic (exact) mass is 360 g/mol. The van der Waals surface area contributed by atoms with E-state index in [2.05, 4.69) is 21.2 Å². The molecule has 1 N–H and O–H groups in total. The molecule has 0 aliphatic carbocycles. The van der Waals surface area contributed by atoms with Gasteiger partial charge in [0.2, 0.25) is 0 Å². The quantitative estimate of drug-likeness (QED) is 0.499. The average molecular weight is 361 g/mol. The number of nitro groups is 1. The highest BCUT2D eigenvalue weighted by Gasteiger charge is 2.15. The topological polar surface area (TPSA) is 55.2 Å². The van der Waals surface area contributed by atoms with Crippen molar-refractivity contribution in [1.82, 2.24) is 0 Å². The van der Waals surface area contributed by atoms with Crippen molar-refractivity contribution in [3.8, 4) is 0 Å². The molecule has 110 valence electrons. The van der Waals surface area contributed by atoms with Crippen molar-refractivity contribution in [2.45, 2.75) is 6.54 Å². The molecule has 0 spiro atoms. The van der Waals surface area contributed by atoms with Gasteiger partial charge in [-0.2, -0.15) is 0 Å². The van der Waals surface area contributed by atoms with Gasteiger partial charge in [0, 0.05) is 18.7 Å². The van der Waals surface area contributed by atoms with Gasteiger partial charge < -0.3 is 5.32 Å². The number of nitrogens with zero attached hydrogens (tertiary/aromatic N) is 1. The Morgan fingerprint density at radius 2 is 1.86 bits per heavy atom. The van der Waals surface area contributed by atoms with Crippen LogP contribution in [0.2, 0.25) is 0 Å². The van der Waals surface area contributed by atoms with E-state index in [0.717, 1.165) is 30.3 Å². The normalized spacial score (nSPS) is 10.5. The molecular weight excluding hydrogens is 353 g/mol. The summed E-state index contributed by atoms with van der Waals surface area (Å²) in [5.41, 5.74) is -0.445. The maximum atomic E-state index is 13.6. The fourth-order valence-corrected chi connectivity index (χ4v) is 2.04. The van der Waals surface area contributed by atoms with Gasteiger partial charge in [0.1, 0.15) is 17.5 Å². The predicted octanol–water partition coefficient (Wildman–Crippen LogP) is 4.39. The Kier molecular flexibility index (Phi) is 4.46. The van der Waals surface area contributed by atoms with E-state index in [4.69, 9.17) is 0 Å². The summed E-state index contributed by atoms with van der Waals surface area (Å²) in [5.74, 6) is -2.07. The highest BCUT2D eigenvalue weighted by atomic mass is 79.9. The number of nitro benzene ring substituents is 1. The average Bonchev–Trinajstić information content (AvgIpc) is 2.41. The first kappa shape index (κ1) is 15.3. The second-order valence-corrected chi connectivity index (χ2v) is 4.98. The number of halogens is 4. The summed E-state index contributed by atoms with van der Waals surface area (Å²) in [6.45, 7) is -0.216. The van der Waals surface area contributed by atoms with Crippen LogP contribution >= 0.6 is 15.9 Å². The minimum absolute atomic E-state index is 0.0303. The van der Waals surface area contributed by atoms with E-state index in [-0.39, 0.29) is 28.0 Å². The van der Waals surface area contributed by atoms with Crippen molar-refractivity contribution in [3.05, 3.63) is 67.9 Å². The molecule has 2 rings (SSSR count). The molecule has 0 saturated heterocycles. The molecule has 0 aliphatic rings. The number of hydrogen-bond acceptors (Lipinski definition) is 3. The number of nitrogens with one attached hydrogen (secondary N) is 1. The highest BCUT2D eigenvalue weighted by molar-refractivity contribution is 9.10. The Hall–Kier alpha value is -2.09. The van der Waals surface area contributed by atoms with Crippen LogP contribution in [0.5, 0.6) is 0 Å². The molecule has 0 bridgehead atoms. The minimum Gasteiger partial charge on any atom is -0.378 e. The van der Waals surface area contributed by atoms with Gasteiger partial charge in [0.05, 0.1) is 20.6 Å². The molecule has 2 aromatic rings. The number of anilines is 1. The molecule has 4 nitrogen and oxygen atoms in total. The Bertz CT molecular complexity index is 710. The van der Waals surface area contributed by atoms with Gasteiger partial charge in [-0.05, 0) is 34.1 Å². The first-order valence-electron chi connectivity index (χ1n) is 5.69. The van der Waals surface area contributed by atoms with E-state index in [0.29, 0.717) is 0 Å². The molecule has 0 radical (unpaired) electrons. The van der Waals surface area contributed by atoms with E-state index in [9.17, 15) is 23.3 Å². The first-order valence-corrected chi connectivity index (χ1v) is 6.49. The van der Waals surface area contributed by atoms with Crippen LogP contribution in [0.25, 0.3) is 0 Å². The lowest BCUT2D eigenvalue weighted by Gasteiger charge is -2.09. The summed E-state index contributed by atoms with van der Waals surface area (Å²) < 4.78 is 40.0. The summed E-state index contributed by atoms with van der Waals surface area (Å²) in [7, 11) is 0. The third-order valence-electron chi connectivity index (χ3n) is 2.72. The van der Waals surface area contributed by atoms with E-state index in [1.54, 1.807) is 0 Å². The lowest BCUT2D eigenvalue weighted by molar-refractivity contribution is -0.385. The van der Waals surface area contributed by atoms with Crippen LogP contribution in [0, 0.1) is 27.6 Å². The van der Waals surface area contributed by atoms with Gasteiger partial charge in [-0.25, -0.2) is 13.2 Å². The molecule has 0 aromatic heterocycles. The van der Waals surface area contributed by atoms with E-state index < -0.39 is 22.4 Å². The maximum Gasteiger partial charge on any atom is 0.274 e. The largest absolute Gasteiger partial charge is 0.378 e. The predicted molar refractivity (Wildman–Crippen MR) is 74.4 cm³/mol. The molecule has 0 amide bonds. The van der Waals surface area contributed by atoms with Gasteiger partial charge in [0.15, 0.2) is 0 Å². The van der Waals surface area contributed by atoms with Gasteiger partial charge in [-0.15, -0.1) is 0 Å². The minimum atomic E-state index is -0.734. The van der Waals surface area contributed by atoms with Crippen LogP contribution in [0.3, 0.4) is 0 Å². The molecule has 0 unspecified atom stereocenters. The van der Waals surface area contributed by atoms with Crippen molar-refractivity contribution in [2.24, 2.45) is 0 Å². The zero-order valence-corrected chi connectivity index (χ0v) is 12.0. The van der Waals surface area contributed by atoms with Crippen LogP contribution in [0.4, 0.5) is 24.5 Å². The summed E-state index contributed by atoms with van der Waals surface area (Å²) in [6, 6.07) is 4.78. The zero-order valence-electron chi connectivity index (χ0n) is 10.4. The summed E-state index contributed by atoms with van der Waals surface area (Å²) >= 11 is 2.83. The first-order chi connectivity index (χ1) is 9.88. The molecule has 0 fully saturated rings. The highest BCUT2D eigenvalue weighted by Crippen LogP contribution is 2.25. The Morgan fingerprint density at radius 3 is 2.52 bits per heavy atom. The van der Waals surface area contributed by atoms with Gasteiger partial charge in [-0.3, -0.25) is 10.1 Å². The van der Waals surface area contributed by atoms with Crippen LogP contribution in [-0.4, -0.2) is 4.92 Å². The summed E-state index contributed by atoms with van der Waals surface area (Å²) in [4.78, 5) is 10.2. The third kappa shape index (κ3) is 3.52. The van der Waals surface area contributed by atoms with Gasteiger partial charge in [0.25, 0.3) is 5.69 Å². The van der Waals surface area contributed by atoms with Crippen molar-refractivity contribution in [3.63, 3.8) is 0 Å². The SMILES string of the molecule is O=[N+]([O-])c1ccc(F)cc1CNc1cc(F)c(Br)cc1F. The molecular formula is C13H8BrF3N2O2. The van der Waals surface area contributed by atoms with Crippen LogP contribution < -0.4 is 5.32 Å². The number of rotatable bonds is 4. The van der Waals surface area contributed by atoms with E-state index in [1.165, 1.54) is 0 Å². The lowest BCUT2D eigenvalue weighted by Crippen LogP contribution is -2.05. The molecule has 8 heteroatoms. The molecule has 0 atom stereocenters. The van der Waals surface area contributed by atoms with Crippen molar-refractivity contribution in [1.29, 1.82) is 0 Å². The van der Waals surface area contributed by atoms with Crippen LogP contribution in [0.1, 0.15) is 5.56 Å². The summed E-state index contributed by atoms with van der Waals surface area (Å²) in [5, 5.41) is 13.3. The molecule has 0 aliphatic heterocycles. The smallest absolute Gasteiger partial charge is 0.274 e. The Balaban J connectivity index is 2.26.